The van der Waals surface area contributed by atoms with Crippen molar-refractivity contribution >= 4 is 10.9 Å². The Labute approximate surface area is 179 Å². The second kappa shape index (κ2) is 11.1. The van der Waals surface area contributed by atoms with Gasteiger partial charge >= 0.3 is 0 Å². The van der Waals surface area contributed by atoms with E-state index in [0.29, 0.717) is 6.61 Å². The summed E-state index contributed by atoms with van der Waals surface area (Å²) in [7, 11) is 0. The fourth-order valence-electron chi connectivity index (χ4n) is 3.91. The van der Waals surface area contributed by atoms with Crippen LogP contribution < -0.4 is 4.74 Å². The third-order valence-electron chi connectivity index (χ3n) is 5.59. The van der Waals surface area contributed by atoms with Gasteiger partial charge in [0.05, 0.1) is 18.7 Å². The normalized spacial score (nSPS) is 16.6. The summed E-state index contributed by atoms with van der Waals surface area (Å²) >= 11 is 0. The monoisotopic (exact) mass is 405 g/mol. The van der Waals surface area contributed by atoms with Crippen LogP contribution in [0.25, 0.3) is 10.9 Å². The first kappa shape index (κ1) is 20.8. The van der Waals surface area contributed by atoms with E-state index in [2.05, 4.69) is 53.5 Å². The van der Waals surface area contributed by atoms with Crippen LogP contribution in [0.4, 0.5) is 0 Å². The molecule has 0 amide bonds. The molecule has 30 heavy (non-hydrogen) atoms. The Morgan fingerprint density at radius 1 is 0.933 bits per heavy atom. The Kier molecular flexibility index (Phi) is 7.70. The van der Waals surface area contributed by atoms with Crippen molar-refractivity contribution < 1.29 is 14.2 Å². The Morgan fingerprint density at radius 2 is 1.87 bits per heavy atom. The highest BCUT2D eigenvalue weighted by molar-refractivity contribution is 5.87. The van der Waals surface area contributed by atoms with Crippen LogP contribution >= 0.6 is 0 Å². The highest BCUT2D eigenvalue weighted by Gasteiger charge is 2.15. The lowest BCUT2D eigenvalue weighted by Gasteiger charge is -2.23. The molecule has 1 aliphatic rings. The largest absolute Gasteiger partial charge is 0.493 e. The number of rotatable bonds is 10. The lowest BCUT2D eigenvalue weighted by Crippen LogP contribution is -2.22. The van der Waals surface area contributed by atoms with Crippen molar-refractivity contribution in [2.24, 2.45) is 0 Å². The summed E-state index contributed by atoms with van der Waals surface area (Å²) in [6.07, 6.45) is 9.54. The summed E-state index contributed by atoms with van der Waals surface area (Å²) in [5, 5.41) is 1.05. The molecule has 1 fully saturated rings. The zero-order valence-corrected chi connectivity index (χ0v) is 17.6. The summed E-state index contributed by atoms with van der Waals surface area (Å²) in [5.74, 6) is 0.902. The van der Waals surface area contributed by atoms with Crippen molar-refractivity contribution in [3.8, 4) is 5.75 Å². The van der Waals surface area contributed by atoms with Crippen LogP contribution in [0.3, 0.4) is 0 Å². The van der Waals surface area contributed by atoms with Gasteiger partial charge in [-0.05, 0) is 68.7 Å². The molecule has 4 rings (SSSR count). The van der Waals surface area contributed by atoms with Crippen LogP contribution in [0.5, 0.6) is 5.75 Å². The minimum absolute atomic E-state index is 0.0932. The Balaban J connectivity index is 1.28. The fourth-order valence-corrected chi connectivity index (χ4v) is 3.91. The number of pyridine rings is 1. The van der Waals surface area contributed by atoms with Crippen LogP contribution in [0, 0.1) is 0 Å². The van der Waals surface area contributed by atoms with Crippen molar-refractivity contribution in [2.75, 3.05) is 13.2 Å². The van der Waals surface area contributed by atoms with Gasteiger partial charge in [0, 0.05) is 23.8 Å². The molecular formula is C26H31NO3. The summed E-state index contributed by atoms with van der Waals surface area (Å²) in [5.41, 5.74) is 3.44. The standard InChI is InChI=1S/C26H31NO3/c1-3-10-21(11-4-1)12-5-2-7-18-28-24-16-15-22(26-23(24)13-9-17-27-26)20-30-25-14-6-8-19-29-25/h1,3-4,9-11,13,15-17,25H,2,5-8,12,14,18-20H2/t25-/m1/s1. The average molecular weight is 406 g/mol. The molecule has 0 bridgehead atoms. The van der Waals surface area contributed by atoms with Crippen LogP contribution in [0.1, 0.15) is 49.7 Å². The van der Waals surface area contributed by atoms with Crippen molar-refractivity contribution in [2.45, 2.75) is 57.8 Å². The number of aromatic nitrogens is 1. The zero-order valence-electron chi connectivity index (χ0n) is 17.6. The molecule has 1 aliphatic heterocycles. The number of benzene rings is 2. The van der Waals surface area contributed by atoms with Crippen LogP contribution in [0.2, 0.25) is 0 Å². The minimum atomic E-state index is -0.0932. The van der Waals surface area contributed by atoms with Gasteiger partial charge in [-0.1, -0.05) is 36.4 Å². The Morgan fingerprint density at radius 3 is 2.73 bits per heavy atom. The van der Waals surface area contributed by atoms with Gasteiger partial charge in [-0.25, -0.2) is 0 Å². The molecule has 1 aromatic heterocycles. The van der Waals surface area contributed by atoms with E-state index in [1.54, 1.807) is 0 Å². The molecule has 3 aromatic rings. The minimum Gasteiger partial charge on any atom is -0.493 e. The van der Waals surface area contributed by atoms with Gasteiger partial charge in [0.25, 0.3) is 0 Å². The smallest absolute Gasteiger partial charge is 0.158 e. The van der Waals surface area contributed by atoms with Crippen LogP contribution in [-0.4, -0.2) is 24.5 Å². The van der Waals surface area contributed by atoms with Gasteiger partial charge in [-0.15, -0.1) is 0 Å². The number of hydrogen-bond donors (Lipinski definition) is 0. The number of nitrogens with zero attached hydrogens (tertiary/aromatic N) is 1. The fraction of sp³-hybridized carbons (Fsp3) is 0.423. The van der Waals surface area contributed by atoms with Gasteiger partial charge in [-0.3, -0.25) is 4.98 Å². The average Bonchev–Trinajstić information content (AvgIpc) is 2.82. The van der Waals surface area contributed by atoms with E-state index in [4.69, 9.17) is 14.2 Å². The molecular weight excluding hydrogens is 374 g/mol. The second-order valence-corrected chi connectivity index (χ2v) is 7.87. The lowest BCUT2D eigenvalue weighted by atomic mass is 10.1. The maximum absolute atomic E-state index is 6.12. The maximum atomic E-state index is 6.12. The van der Waals surface area contributed by atoms with E-state index in [1.807, 2.05) is 12.3 Å². The first-order valence-corrected chi connectivity index (χ1v) is 11.2. The van der Waals surface area contributed by atoms with E-state index in [-0.39, 0.29) is 6.29 Å². The molecule has 4 heteroatoms. The molecule has 2 aromatic carbocycles. The van der Waals surface area contributed by atoms with Gasteiger partial charge < -0.3 is 14.2 Å². The molecule has 4 nitrogen and oxygen atoms in total. The first-order valence-electron chi connectivity index (χ1n) is 11.2. The van der Waals surface area contributed by atoms with E-state index in [9.17, 15) is 0 Å². The maximum Gasteiger partial charge on any atom is 0.158 e. The molecule has 158 valence electrons. The molecule has 1 saturated heterocycles. The van der Waals surface area contributed by atoms with Crippen molar-refractivity contribution in [1.29, 1.82) is 0 Å². The highest BCUT2D eigenvalue weighted by Crippen LogP contribution is 2.28. The molecule has 0 aliphatic carbocycles. The number of unbranched alkanes of at least 4 members (excludes halogenated alkanes) is 2. The number of hydrogen-bond acceptors (Lipinski definition) is 4. The van der Waals surface area contributed by atoms with E-state index in [1.165, 1.54) is 24.8 Å². The van der Waals surface area contributed by atoms with Gasteiger partial charge in [0.15, 0.2) is 6.29 Å². The molecule has 0 radical (unpaired) electrons. The van der Waals surface area contributed by atoms with Gasteiger partial charge in [0.1, 0.15) is 5.75 Å². The van der Waals surface area contributed by atoms with Gasteiger partial charge in [-0.2, -0.15) is 0 Å². The Bertz CT molecular complexity index is 907. The summed E-state index contributed by atoms with van der Waals surface area (Å²) < 4.78 is 17.8. The molecule has 2 heterocycles. The van der Waals surface area contributed by atoms with Crippen LogP contribution in [-0.2, 0) is 22.5 Å². The Hall–Kier alpha value is -2.43. The number of ether oxygens (including phenoxy) is 3. The number of aryl methyl sites for hydroxylation is 1. The summed E-state index contributed by atoms with van der Waals surface area (Å²) in [6.45, 7) is 2.03. The molecule has 1 atom stereocenters. The van der Waals surface area contributed by atoms with Crippen molar-refractivity contribution in [3.05, 3.63) is 71.9 Å². The molecule has 0 N–H and O–H groups in total. The predicted octanol–water partition coefficient (Wildman–Crippen LogP) is 6.07. The quantitative estimate of drug-likeness (QED) is 0.384. The molecule has 0 spiro atoms. The van der Waals surface area contributed by atoms with Crippen LogP contribution in [0.15, 0.2) is 60.8 Å². The van der Waals surface area contributed by atoms with E-state index < -0.39 is 0 Å². The number of fused-ring (bicyclic) bond motifs is 1. The first-order chi connectivity index (χ1) is 14.9. The third-order valence-corrected chi connectivity index (χ3v) is 5.59. The van der Waals surface area contributed by atoms with Crippen molar-refractivity contribution in [1.82, 2.24) is 4.98 Å². The molecule has 0 saturated carbocycles. The predicted molar refractivity (Wildman–Crippen MR) is 120 cm³/mol. The SMILES string of the molecule is c1ccc(CCCCCOc2ccc(CO[C@@H]3CCCCO3)c3ncccc23)cc1. The molecule has 0 unspecified atom stereocenters. The zero-order chi connectivity index (χ0) is 20.4. The van der Waals surface area contributed by atoms with E-state index >= 15 is 0 Å². The topological polar surface area (TPSA) is 40.6 Å². The van der Waals surface area contributed by atoms with Gasteiger partial charge in [0.2, 0.25) is 0 Å². The van der Waals surface area contributed by atoms with Crippen molar-refractivity contribution in [3.63, 3.8) is 0 Å². The lowest BCUT2D eigenvalue weighted by molar-refractivity contribution is -0.168. The van der Waals surface area contributed by atoms with E-state index in [0.717, 1.165) is 61.1 Å². The summed E-state index contributed by atoms with van der Waals surface area (Å²) in [6, 6.07) is 18.8. The highest BCUT2D eigenvalue weighted by atomic mass is 16.7. The third kappa shape index (κ3) is 5.80. The summed E-state index contributed by atoms with van der Waals surface area (Å²) in [4.78, 5) is 4.60. The second-order valence-electron chi connectivity index (χ2n) is 7.87.